The number of aromatic amines is 1. The Balaban J connectivity index is 2.29. The highest BCUT2D eigenvalue weighted by Crippen LogP contribution is 2.16. The van der Waals surface area contributed by atoms with Crippen LogP contribution in [0.4, 0.5) is 0 Å². The smallest absolute Gasteiger partial charge is 0.260 e. The molecule has 0 fully saturated rings. The summed E-state index contributed by atoms with van der Waals surface area (Å²) in [6, 6.07) is 5.50. The van der Waals surface area contributed by atoms with Crippen LogP contribution in [-0.4, -0.2) is 34.2 Å². The van der Waals surface area contributed by atoms with E-state index in [0.717, 1.165) is 5.56 Å². The van der Waals surface area contributed by atoms with Crippen LogP contribution in [0.15, 0.2) is 35.7 Å². The predicted octanol–water partition coefficient (Wildman–Crippen LogP) is 1.22. The molecule has 2 aromatic heterocycles. The Morgan fingerprint density at radius 1 is 1.43 bits per heavy atom. The number of imidazole rings is 1. The standard InChI is InChI=1S/C13H15N5O2S/c1-11-16-9-13(17-11)21(19,20)18(7-3-5-14)10-12-4-2-6-15-8-12/h2,4,6,8-9H,3,7,10H2,1H3,(H,16,17). The Bertz CT molecular complexity index is 733. The van der Waals surface area contributed by atoms with Crippen molar-refractivity contribution >= 4 is 10.0 Å². The number of aryl methyl sites for hydroxylation is 1. The number of nitrogens with zero attached hydrogens (tertiary/aromatic N) is 4. The fourth-order valence-electron chi connectivity index (χ4n) is 1.82. The summed E-state index contributed by atoms with van der Waals surface area (Å²) in [7, 11) is -3.71. The summed E-state index contributed by atoms with van der Waals surface area (Å²) in [5.74, 6) is 0.523. The Morgan fingerprint density at radius 2 is 2.24 bits per heavy atom. The lowest BCUT2D eigenvalue weighted by molar-refractivity contribution is 0.411. The molecule has 7 nitrogen and oxygen atoms in total. The molecule has 0 aromatic carbocycles. The minimum Gasteiger partial charge on any atom is -0.332 e. The molecule has 21 heavy (non-hydrogen) atoms. The zero-order valence-electron chi connectivity index (χ0n) is 11.5. The highest BCUT2D eigenvalue weighted by molar-refractivity contribution is 7.89. The van der Waals surface area contributed by atoms with Crippen LogP contribution in [0.25, 0.3) is 0 Å². The van der Waals surface area contributed by atoms with Crippen molar-refractivity contribution in [2.75, 3.05) is 6.54 Å². The van der Waals surface area contributed by atoms with E-state index in [9.17, 15) is 8.42 Å². The van der Waals surface area contributed by atoms with Crippen molar-refractivity contribution in [1.29, 1.82) is 5.26 Å². The highest BCUT2D eigenvalue weighted by atomic mass is 32.2. The van der Waals surface area contributed by atoms with Crippen LogP contribution in [0.2, 0.25) is 0 Å². The third-order valence-corrected chi connectivity index (χ3v) is 4.61. The molecule has 0 aliphatic heterocycles. The lowest BCUT2D eigenvalue weighted by Crippen LogP contribution is -2.31. The molecule has 0 saturated heterocycles. The zero-order chi connectivity index (χ0) is 15.3. The molecular formula is C13H15N5O2S. The minimum absolute atomic E-state index is 0.0295. The first kappa shape index (κ1) is 15.2. The predicted molar refractivity (Wildman–Crippen MR) is 75.4 cm³/mol. The Kier molecular flexibility index (Phi) is 4.67. The van der Waals surface area contributed by atoms with Gasteiger partial charge in [-0.2, -0.15) is 9.57 Å². The van der Waals surface area contributed by atoms with Gasteiger partial charge >= 0.3 is 0 Å². The third kappa shape index (κ3) is 3.65. The number of nitriles is 1. The second-order valence-electron chi connectivity index (χ2n) is 4.44. The van der Waals surface area contributed by atoms with Gasteiger partial charge in [0.05, 0.1) is 12.3 Å². The molecule has 0 atom stereocenters. The van der Waals surface area contributed by atoms with Crippen molar-refractivity contribution in [1.82, 2.24) is 19.3 Å². The fourth-order valence-corrected chi connectivity index (χ4v) is 3.21. The van der Waals surface area contributed by atoms with Crippen molar-refractivity contribution < 1.29 is 8.42 Å². The molecule has 0 amide bonds. The number of nitrogens with one attached hydrogen (secondary N) is 1. The first-order valence-corrected chi connectivity index (χ1v) is 7.75. The molecule has 1 N–H and O–H groups in total. The number of aromatic nitrogens is 3. The fraction of sp³-hybridized carbons (Fsp3) is 0.308. The summed E-state index contributed by atoms with van der Waals surface area (Å²) in [5, 5.41) is 8.75. The number of hydrogen-bond acceptors (Lipinski definition) is 5. The average Bonchev–Trinajstić information content (AvgIpc) is 2.92. The van der Waals surface area contributed by atoms with E-state index < -0.39 is 10.0 Å². The van der Waals surface area contributed by atoms with Crippen molar-refractivity contribution in [3.05, 3.63) is 42.1 Å². The molecule has 0 aliphatic carbocycles. The maximum atomic E-state index is 12.6. The normalized spacial score (nSPS) is 11.5. The summed E-state index contributed by atoms with van der Waals surface area (Å²) < 4.78 is 26.4. The van der Waals surface area contributed by atoms with Crippen LogP contribution in [0.5, 0.6) is 0 Å². The van der Waals surface area contributed by atoms with Gasteiger partial charge < -0.3 is 4.98 Å². The van der Waals surface area contributed by atoms with E-state index in [-0.39, 0.29) is 24.5 Å². The van der Waals surface area contributed by atoms with Crippen LogP contribution >= 0.6 is 0 Å². The lowest BCUT2D eigenvalue weighted by Gasteiger charge is -2.20. The summed E-state index contributed by atoms with van der Waals surface area (Å²) >= 11 is 0. The first-order valence-electron chi connectivity index (χ1n) is 6.31. The van der Waals surface area contributed by atoms with Gasteiger partial charge in [0.25, 0.3) is 10.0 Å². The van der Waals surface area contributed by atoms with Crippen molar-refractivity contribution in [2.45, 2.75) is 24.9 Å². The van der Waals surface area contributed by atoms with Gasteiger partial charge in [-0.1, -0.05) is 6.07 Å². The van der Waals surface area contributed by atoms with E-state index in [0.29, 0.717) is 5.82 Å². The van der Waals surface area contributed by atoms with Crippen LogP contribution in [0.3, 0.4) is 0 Å². The quantitative estimate of drug-likeness (QED) is 0.864. The Hall–Kier alpha value is -2.24. The van der Waals surface area contributed by atoms with E-state index in [2.05, 4.69) is 15.0 Å². The molecule has 0 saturated carbocycles. The molecule has 8 heteroatoms. The van der Waals surface area contributed by atoms with Crippen LogP contribution in [-0.2, 0) is 16.6 Å². The maximum absolute atomic E-state index is 12.6. The molecule has 0 radical (unpaired) electrons. The van der Waals surface area contributed by atoms with Gasteiger partial charge in [-0.3, -0.25) is 4.98 Å². The number of hydrogen-bond donors (Lipinski definition) is 1. The van der Waals surface area contributed by atoms with Gasteiger partial charge in [-0.15, -0.1) is 0 Å². The Labute approximate surface area is 123 Å². The Morgan fingerprint density at radius 3 is 2.81 bits per heavy atom. The van der Waals surface area contributed by atoms with Gasteiger partial charge in [0.1, 0.15) is 5.82 Å². The number of sulfonamides is 1. The molecular weight excluding hydrogens is 290 g/mol. The SMILES string of the molecule is Cc1ncc(S(=O)(=O)N(CCC#N)Cc2cccnc2)[nH]1. The highest BCUT2D eigenvalue weighted by Gasteiger charge is 2.26. The molecule has 110 valence electrons. The second-order valence-corrected chi connectivity index (χ2v) is 6.35. The van der Waals surface area contributed by atoms with Gasteiger partial charge in [0.2, 0.25) is 0 Å². The molecule has 2 heterocycles. The summed E-state index contributed by atoms with van der Waals surface area (Å²) in [6.45, 7) is 1.96. The largest absolute Gasteiger partial charge is 0.332 e. The third-order valence-electron chi connectivity index (χ3n) is 2.85. The first-order chi connectivity index (χ1) is 10.0. The van der Waals surface area contributed by atoms with Gasteiger partial charge in [0, 0.05) is 31.9 Å². The minimum atomic E-state index is -3.71. The molecule has 0 aliphatic rings. The van der Waals surface area contributed by atoms with Gasteiger partial charge in [0.15, 0.2) is 5.03 Å². The molecule has 0 spiro atoms. The van der Waals surface area contributed by atoms with E-state index >= 15 is 0 Å². The van der Waals surface area contributed by atoms with Gasteiger partial charge in [-0.25, -0.2) is 13.4 Å². The zero-order valence-corrected chi connectivity index (χ0v) is 12.3. The molecule has 0 unspecified atom stereocenters. The van der Waals surface area contributed by atoms with E-state index in [1.54, 1.807) is 31.5 Å². The molecule has 2 rings (SSSR count). The van der Waals surface area contributed by atoms with Crippen molar-refractivity contribution in [3.63, 3.8) is 0 Å². The summed E-state index contributed by atoms with van der Waals surface area (Å²) in [4.78, 5) is 10.6. The summed E-state index contributed by atoms with van der Waals surface area (Å²) in [5.41, 5.74) is 0.759. The van der Waals surface area contributed by atoms with Crippen LogP contribution in [0, 0.1) is 18.3 Å². The van der Waals surface area contributed by atoms with Crippen LogP contribution < -0.4 is 0 Å². The van der Waals surface area contributed by atoms with E-state index in [4.69, 9.17) is 5.26 Å². The summed E-state index contributed by atoms with van der Waals surface area (Å²) in [6.07, 6.45) is 4.63. The number of rotatable bonds is 6. The van der Waals surface area contributed by atoms with E-state index in [1.165, 1.54) is 10.5 Å². The number of pyridine rings is 1. The second kappa shape index (κ2) is 6.47. The van der Waals surface area contributed by atoms with Crippen molar-refractivity contribution in [2.24, 2.45) is 0 Å². The molecule has 0 bridgehead atoms. The monoisotopic (exact) mass is 305 g/mol. The lowest BCUT2D eigenvalue weighted by atomic mass is 10.3. The van der Waals surface area contributed by atoms with E-state index in [1.807, 2.05) is 6.07 Å². The average molecular weight is 305 g/mol. The topological polar surface area (TPSA) is 103 Å². The maximum Gasteiger partial charge on any atom is 0.260 e. The van der Waals surface area contributed by atoms with Crippen LogP contribution in [0.1, 0.15) is 17.8 Å². The van der Waals surface area contributed by atoms with Gasteiger partial charge in [-0.05, 0) is 18.6 Å². The number of H-pyrrole nitrogens is 1. The van der Waals surface area contributed by atoms with Crippen molar-refractivity contribution in [3.8, 4) is 6.07 Å². The molecule has 2 aromatic rings.